The standard InChI is InChI=1S/C10H9ClF4O/c11-5-1-2-7-6-8(3-4-9(7)12)16-10(13,14)15/h3-4,6H,1-2,5H2. The van der Waals surface area contributed by atoms with Gasteiger partial charge in [0.15, 0.2) is 0 Å². The van der Waals surface area contributed by atoms with Gasteiger partial charge in [-0.3, -0.25) is 0 Å². The highest BCUT2D eigenvalue weighted by atomic mass is 35.5. The number of benzene rings is 1. The maximum atomic E-state index is 13.1. The summed E-state index contributed by atoms with van der Waals surface area (Å²) in [5, 5.41) is 0. The quantitative estimate of drug-likeness (QED) is 0.586. The van der Waals surface area contributed by atoms with Crippen molar-refractivity contribution in [1.82, 2.24) is 0 Å². The van der Waals surface area contributed by atoms with Gasteiger partial charge in [-0.2, -0.15) is 0 Å². The third-order valence-corrected chi connectivity index (χ3v) is 2.10. The van der Waals surface area contributed by atoms with E-state index in [4.69, 9.17) is 11.6 Å². The summed E-state index contributed by atoms with van der Waals surface area (Å²) < 4.78 is 52.5. The molecule has 0 bridgehead atoms. The molecule has 0 aliphatic rings. The highest BCUT2D eigenvalue weighted by Crippen LogP contribution is 2.25. The van der Waals surface area contributed by atoms with Gasteiger partial charge >= 0.3 is 6.36 Å². The molecule has 1 nitrogen and oxygen atoms in total. The second-order valence-electron chi connectivity index (χ2n) is 3.09. The molecule has 0 heterocycles. The lowest BCUT2D eigenvalue weighted by Gasteiger charge is -2.10. The maximum absolute atomic E-state index is 13.1. The predicted octanol–water partition coefficient (Wildman–Crippen LogP) is 3.90. The lowest BCUT2D eigenvalue weighted by molar-refractivity contribution is -0.274. The van der Waals surface area contributed by atoms with Gasteiger partial charge in [0.25, 0.3) is 0 Å². The molecule has 0 atom stereocenters. The first kappa shape index (κ1) is 13.1. The lowest BCUT2D eigenvalue weighted by Crippen LogP contribution is -2.17. The third kappa shape index (κ3) is 4.26. The fraction of sp³-hybridized carbons (Fsp3) is 0.400. The van der Waals surface area contributed by atoms with E-state index in [0.717, 1.165) is 18.2 Å². The summed E-state index contributed by atoms with van der Waals surface area (Å²) >= 11 is 5.42. The van der Waals surface area contributed by atoms with E-state index in [9.17, 15) is 17.6 Å². The summed E-state index contributed by atoms with van der Waals surface area (Å²) in [6.45, 7) is 0. The SMILES string of the molecule is Fc1ccc(OC(F)(F)F)cc1CCCCl. The molecule has 16 heavy (non-hydrogen) atoms. The molecule has 0 aromatic heterocycles. The highest BCUT2D eigenvalue weighted by Gasteiger charge is 2.31. The van der Waals surface area contributed by atoms with E-state index >= 15 is 0 Å². The number of rotatable bonds is 4. The Kier molecular flexibility index (Phi) is 4.41. The molecular formula is C10H9ClF4O. The minimum absolute atomic E-state index is 0.169. The van der Waals surface area contributed by atoms with E-state index < -0.39 is 17.9 Å². The first-order valence-electron chi connectivity index (χ1n) is 4.52. The normalized spacial score (nSPS) is 11.6. The zero-order valence-electron chi connectivity index (χ0n) is 8.15. The van der Waals surface area contributed by atoms with Crippen molar-refractivity contribution in [3.05, 3.63) is 29.6 Å². The number of aryl methyl sites for hydroxylation is 1. The molecule has 0 amide bonds. The molecule has 90 valence electrons. The van der Waals surface area contributed by atoms with Crippen LogP contribution in [-0.2, 0) is 6.42 Å². The molecule has 1 rings (SSSR count). The Morgan fingerprint density at radius 1 is 1.25 bits per heavy atom. The minimum Gasteiger partial charge on any atom is -0.406 e. The van der Waals surface area contributed by atoms with Gasteiger partial charge in [-0.1, -0.05) is 0 Å². The van der Waals surface area contributed by atoms with Crippen LogP contribution in [0.4, 0.5) is 17.6 Å². The first-order valence-corrected chi connectivity index (χ1v) is 5.06. The molecule has 1 aromatic carbocycles. The van der Waals surface area contributed by atoms with E-state index in [1.165, 1.54) is 0 Å². The molecule has 1 aromatic rings. The summed E-state index contributed by atoms with van der Waals surface area (Å²) in [4.78, 5) is 0. The van der Waals surface area contributed by atoms with Crippen LogP contribution in [0.1, 0.15) is 12.0 Å². The van der Waals surface area contributed by atoms with Crippen LogP contribution in [0.15, 0.2) is 18.2 Å². The summed E-state index contributed by atoms with van der Waals surface area (Å²) in [6, 6.07) is 2.92. The van der Waals surface area contributed by atoms with Crippen molar-refractivity contribution in [2.24, 2.45) is 0 Å². The van der Waals surface area contributed by atoms with Gasteiger partial charge in [0.2, 0.25) is 0 Å². The molecule has 0 radical (unpaired) electrons. The fourth-order valence-electron chi connectivity index (χ4n) is 1.20. The van der Waals surface area contributed by atoms with Crippen molar-refractivity contribution >= 4 is 11.6 Å². The molecule has 0 N–H and O–H groups in total. The van der Waals surface area contributed by atoms with Crippen LogP contribution in [0.5, 0.6) is 5.75 Å². The highest BCUT2D eigenvalue weighted by molar-refractivity contribution is 6.17. The Labute approximate surface area is 95.0 Å². The fourth-order valence-corrected chi connectivity index (χ4v) is 1.33. The van der Waals surface area contributed by atoms with Gasteiger partial charge in [0.1, 0.15) is 11.6 Å². The number of hydrogen-bond donors (Lipinski definition) is 0. The zero-order valence-corrected chi connectivity index (χ0v) is 8.91. The Bertz CT molecular complexity index is 351. The van der Waals surface area contributed by atoms with Crippen molar-refractivity contribution in [3.63, 3.8) is 0 Å². The Balaban J connectivity index is 2.81. The van der Waals surface area contributed by atoms with Crippen molar-refractivity contribution < 1.29 is 22.3 Å². The van der Waals surface area contributed by atoms with Gasteiger partial charge in [-0.25, -0.2) is 4.39 Å². The summed E-state index contributed by atoms with van der Waals surface area (Å²) in [7, 11) is 0. The molecule has 6 heteroatoms. The second kappa shape index (κ2) is 5.39. The van der Waals surface area contributed by atoms with Gasteiger partial charge < -0.3 is 4.74 Å². The molecule has 0 fully saturated rings. The molecule has 0 spiro atoms. The van der Waals surface area contributed by atoms with Crippen molar-refractivity contribution in [2.45, 2.75) is 19.2 Å². The van der Waals surface area contributed by atoms with E-state index in [1.807, 2.05) is 0 Å². The van der Waals surface area contributed by atoms with Crippen molar-refractivity contribution in [1.29, 1.82) is 0 Å². The topological polar surface area (TPSA) is 9.23 Å². The second-order valence-corrected chi connectivity index (χ2v) is 3.47. The summed E-state index contributed by atoms with van der Waals surface area (Å²) in [5.74, 6) is -0.651. The molecule has 0 saturated heterocycles. The smallest absolute Gasteiger partial charge is 0.406 e. The van der Waals surface area contributed by atoms with Gasteiger partial charge in [0.05, 0.1) is 0 Å². The van der Waals surface area contributed by atoms with Crippen LogP contribution >= 0.6 is 11.6 Å². The van der Waals surface area contributed by atoms with Crippen molar-refractivity contribution in [2.75, 3.05) is 5.88 Å². The number of alkyl halides is 4. The van der Waals surface area contributed by atoms with E-state index in [-0.39, 0.29) is 12.0 Å². The number of hydrogen-bond acceptors (Lipinski definition) is 1. The zero-order chi connectivity index (χ0) is 12.2. The van der Waals surface area contributed by atoms with Crippen LogP contribution in [0, 0.1) is 5.82 Å². The molecule has 0 saturated carbocycles. The average Bonchev–Trinajstić information content (AvgIpc) is 2.17. The largest absolute Gasteiger partial charge is 0.573 e. The Hall–Kier alpha value is -0.970. The van der Waals surface area contributed by atoms with Crippen LogP contribution in [0.25, 0.3) is 0 Å². The first-order chi connectivity index (χ1) is 7.42. The number of ether oxygens (including phenoxy) is 1. The summed E-state index contributed by atoms with van der Waals surface area (Å²) in [6.07, 6.45) is -3.99. The van der Waals surface area contributed by atoms with Crippen LogP contribution in [0.3, 0.4) is 0 Å². The Morgan fingerprint density at radius 2 is 1.94 bits per heavy atom. The van der Waals surface area contributed by atoms with Crippen LogP contribution in [0.2, 0.25) is 0 Å². The van der Waals surface area contributed by atoms with Gasteiger partial charge in [-0.05, 0) is 36.6 Å². The van der Waals surface area contributed by atoms with Gasteiger partial charge in [-0.15, -0.1) is 24.8 Å². The van der Waals surface area contributed by atoms with Crippen LogP contribution in [-0.4, -0.2) is 12.2 Å². The van der Waals surface area contributed by atoms with Crippen molar-refractivity contribution in [3.8, 4) is 5.75 Å². The molecule has 0 unspecified atom stereocenters. The number of halogens is 5. The van der Waals surface area contributed by atoms with E-state index in [0.29, 0.717) is 12.3 Å². The predicted molar refractivity (Wildman–Crippen MR) is 52.1 cm³/mol. The van der Waals surface area contributed by atoms with Gasteiger partial charge in [0, 0.05) is 5.88 Å². The Morgan fingerprint density at radius 3 is 2.50 bits per heavy atom. The summed E-state index contributed by atoms with van der Waals surface area (Å²) in [5.41, 5.74) is 0.169. The monoisotopic (exact) mass is 256 g/mol. The lowest BCUT2D eigenvalue weighted by atomic mass is 10.1. The minimum atomic E-state index is -4.76. The van der Waals surface area contributed by atoms with E-state index in [2.05, 4.69) is 4.74 Å². The van der Waals surface area contributed by atoms with Crippen LogP contribution < -0.4 is 4.74 Å². The maximum Gasteiger partial charge on any atom is 0.573 e. The third-order valence-electron chi connectivity index (χ3n) is 1.83. The molecular weight excluding hydrogens is 248 g/mol. The average molecular weight is 257 g/mol. The molecule has 0 aliphatic heterocycles. The van der Waals surface area contributed by atoms with E-state index in [1.54, 1.807) is 0 Å². The molecule has 0 aliphatic carbocycles.